The van der Waals surface area contributed by atoms with Gasteiger partial charge in [-0.15, -0.1) is 0 Å². The van der Waals surface area contributed by atoms with Gasteiger partial charge < -0.3 is 0 Å². The summed E-state index contributed by atoms with van der Waals surface area (Å²) < 4.78 is 0. The van der Waals surface area contributed by atoms with E-state index in [1.54, 1.807) is 0 Å². The molecule has 0 amide bonds. The van der Waals surface area contributed by atoms with Gasteiger partial charge in [0.2, 0.25) is 0 Å². The van der Waals surface area contributed by atoms with Crippen LogP contribution in [0.4, 0.5) is 0 Å². The Hall–Kier alpha value is -2.86. The van der Waals surface area contributed by atoms with Crippen LogP contribution in [0.15, 0.2) is 66.7 Å². The normalized spacial score (nSPS) is 13.3. The van der Waals surface area contributed by atoms with E-state index in [0.717, 1.165) is 12.8 Å². The number of benzene rings is 4. The van der Waals surface area contributed by atoms with Crippen molar-refractivity contribution in [3.05, 3.63) is 82.7 Å². The van der Waals surface area contributed by atoms with Crippen LogP contribution in [0.5, 0.6) is 0 Å². The van der Waals surface area contributed by atoms with Gasteiger partial charge in [0.15, 0.2) is 0 Å². The molecule has 0 aromatic heterocycles. The highest BCUT2D eigenvalue weighted by molar-refractivity contribution is 6.09. The summed E-state index contributed by atoms with van der Waals surface area (Å²) in [5, 5.41) is 8.30. The van der Waals surface area contributed by atoms with Crippen LogP contribution in [-0.4, -0.2) is 0 Å². The van der Waals surface area contributed by atoms with Crippen molar-refractivity contribution in [2.75, 3.05) is 0 Å². The summed E-state index contributed by atoms with van der Waals surface area (Å²) in [5.74, 6) is 0. The van der Waals surface area contributed by atoms with E-state index < -0.39 is 0 Å². The van der Waals surface area contributed by atoms with E-state index in [1.165, 1.54) is 48.7 Å². The summed E-state index contributed by atoms with van der Waals surface area (Å²) in [6.07, 6.45) is 7.10. The first-order valence-electron chi connectivity index (χ1n) is 9.03. The van der Waals surface area contributed by atoms with Crippen LogP contribution in [0.2, 0.25) is 0 Å². The predicted molar refractivity (Wildman–Crippen MR) is 109 cm³/mol. The van der Waals surface area contributed by atoms with Crippen LogP contribution in [0.1, 0.15) is 18.4 Å². The lowest BCUT2D eigenvalue weighted by Gasteiger charge is -2.12. The third-order valence-corrected chi connectivity index (χ3v) is 5.32. The summed E-state index contributed by atoms with van der Waals surface area (Å²) in [6.45, 7) is 2.15. The maximum Gasteiger partial charge on any atom is -0.00929 e. The van der Waals surface area contributed by atoms with E-state index in [0.29, 0.717) is 0 Å². The van der Waals surface area contributed by atoms with Crippen LogP contribution >= 0.6 is 0 Å². The van der Waals surface area contributed by atoms with Crippen molar-refractivity contribution in [3.63, 3.8) is 0 Å². The van der Waals surface area contributed by atoms with Gasteiger partial charge in [-0.2, -0.15) is 0 Å². The van der Waals surface area contributed by atoms with Crippen LogP contribution in [-0.2, 0) is 0 Å². The average Bonchev–Trinajstić information content (AvgIpc) is 2.68. The molecule has 120 valence electrons. The Bertz CT molecular complexity index is 1240. The topological polar surface area (TPSA) is 0 Å². The van der Waals surface area contributed by atoms with E-state index in [4.69, 9.17) is 0 Å². The van der Waals surface area contributed by atoms with Gasteiger partial charge in [0.05, 0.1) is 0 Å². The van der Waals surface area contributed by atoms with Gasteiger partial charge in [0.25, 0.3) is 0 Å². The van der Waals surface area contributed by atoms with Gasteiger partial charge in [-0.3, -0.25) is 0 Å². The molecule has 0 unspecified atom stereocenters. The molecule has 0 nitrogen and oxygen atoms in total. The molecule has 5 rings (SSSR count). The smallest absolute Gasteiger partial charge is 0.00929 e. The minimum absolute atomic E-state index is 1.14. The first kappa shape index (κ1) is 14.5. The molecule has 1 aliphatic carbocycles. The van der Waals surface area contributed by atoms with Gasteiger partial charge in [0, 0.05) is 0 Å². The molecule has 0 N–H and O–H groups in total. The predicted octanol–water partition coefficient (Wildman–Crippen LogP) is 5.32. The highest BCUT2D eigenvalue weighted by Gasteiger charge is 2.09. The molecule has 0 fully saturated rings. The lowest BCUT2D eigenvalue weighted by Crippen LogP contribution is -2.28. The number of fused-ring (bicyclic) bond motifs is 6. The van der Waals surface area contributed by atoms with Gasteiger partial charge in [-0.05, 0) is 68.9 Å². The fraction of sp³-hybridized carbons (Fsp3) is 0.120. The highest BCUT2D eigenvalue weighted by Crippen LogP contribution is 2.28. The van der Waals surface area contributed by atoms with Crippen molar-refractivity contribution in [1.82, 2.24) is 0 Å². The van der Waals surface area contributed by atoms with E-state index in [1.807, 2.05) is 0 Å². The molecule has 0 heterocycles. The maximum absolute atomic E-state index is 2.41. The highest BCUT2D eigenvalue weighted by atomic mass is 14.1. The molecule has 0 saturated heterocycles. The summed E-state index contributed by atoms with van der Waals surface area (Å²) in [5.41, 5.74) is 3.89. The van der Waals surface area contributed by atoms with Crippen molar-refractivity contribution < 1.29 is 0 Å². The number of hydrogen-bond donors (Lipinski definition) is 0. The summed E-state index contributed by atoms with van der Waals surface area (Å²) in [7, 11) is 0. The summed E-state index contributed by atoms with van der Waals surface area (Å²) in [4.78, 5) is 0. The molecule has 0 heteroatoms. The molecule has 0 bridgehead atoms. The number of hydrogen-bond acceptors (Lipinski definition) is 0. The third-order valence-electron chi connectivity index (χ3n) is 5.32. The molecule has 0 saturated carbocycles. The van der Waals surface area contributed by atoms with Crippen molar-refractivity contribution in [2.45, 2.75) is 19.8 Å². The Morgan fingerprint density at radius 1 is 0.560 bits per heavy atom. The van der Waals surface area contributed by atoms with Crippen molar-refractivity contribution in [3.8, 4) is 11.1 Å². The Labute approximate surface area is 147 Å². The second-order valence-electron chi connectivity index (χ2n) is 6.99. The van der Waals surface area contributed by atoms with Crippen LogP contribution in [0.25, 0.3) is 44.8 Å². The third kappa shape index (κ3) is 2.29. The zero-order valence-electron chi connectivity index (χ0n) is 14.4. The van der Waals surface area contributed by atoms with Gasteiger partial charge >= 0.3 is 0 Å². The van der Waals surface area contributed by atoms with Gasteiger partial charge in [-0.1, -0.05) is 78.4 Å². The Balaban J connectivity index is 1.93. The van der Waals surface area contributed by atoms with Crippen molar-refractivity contribution >= 4 is 33.7 Å². The Morgan fingerprint density at radius 2 is 1.24 bits per heavy atom. The van der Waals surface area contributed by atoms with E-state index in [-0.39, 0.29) is 0 Å². The molecule has 0 atom stereocenters. The van der Waals surface area contributed by atoms with Gasteiger partial charge in [0.1, 0.15) is 0 Å². The quantitative estimate of drug-likeness (QED) is 0.416. The fourth-order valence-corrected chi connectivity index (χ4v) is 4.14. The first-order valence-corrected chi connectivity index (χ1v) is 9.03. The molecule has 4 aromatic rings. The summed E-state index contributed by atoms with van der Waals surface area (Å²) >= 11 is 0. The van der Waals surface area contributed by atoms with Gasteiger partial charge in [-0.25, -0.2) is 0 Å². The lowest BCUT2D eigenvalue weighted by atomic mass is 9.92. The Morgan fingerprint density at radius 3 is 2.00 bits per heavy atom. The molecule has 0 radical (unpaired) electrons. The lowest BCUT2D eigenvalue weighted by molar-refractivity contribution is 1.13. The minimum Gasteiger partial charge on any atom is -0.0757 e. The first-order chi connectivity index (χ1) is 12.3. The average molecular weight is 320 g/mol. The molecular formula is C25H20. The monoisotopic (exact) mass is 320 g/mol. The molecule has 1 aliphatic rings. The van der Waals surface area contributed by atoms with Crippen LogP contribution in [0, 0.1) is 6.92 Å². The largest absolute Gasteiger partial charge is 0.0757 e. The Kier molecular flexibility index (Phi) is 3.24. The fourth-order valence-electron chi connectivity index (χ4n) is 4.14. The van der Waals surface area contributed by atoms with Crippen molar-refractivity contribution in [2.24, 2.45) is 0 Å². The van der Waals surface area contributed by atoms with Crippen LogP contribution in [0.3, 0.4) is 0 Å². The second kappa shape index (κ2) is 5.60. The summed E-state index contributed by atoms with van der Waals surface area (Å²) in [6, 6.07) is 24.6. The second-order valence-corrected chi connectivity index (χ2v) is 6.99. The molecule has 4 aromatic carbocycles. The zero-order valence-corrected chi connectivity index (χ0v) is 14.4. The standard InChI is InChI=1S/C25H20/c1-17-7-6-8-18(15-17)19-13-14-24-22-11-3-2-9-20(22)21-10-4-5-12-23(21)25(24)16-19/h4-16H,2-3H2,1H3. The number of rotatable bonds is 1. The minimum atomic E-state index is 1.14. The van der Waals surface area contributed by atoms with Crippen molar-refractivity contribution in [1.29, 1.82) is 0 Å². The molecule has 0 spiro atoms. The molecular weight excluding hydrogens is 300 g/mol. The van der Waals surface area contributed by atoms with Crippen LogP contribution < -0.4 is 10.4 Å². The SMILES string of the molecule is Cc1cccc(-c2ccc3c4c(c5ccccc5c3c2)=CCCC=4)c1. The number of aryl methyl sites for hydroxylation is 1. The molecule has 0 aliphatic heterocycles. The van der Waals surface area contributed by atoms with E-state index in [9.17, 15) is 0 Å². The maximum atomic E-state index is 2.41. The van der Waals surface area contributed by atoms with E-state index >= 15 is 0 Å². The van der Waals surface area contributed by atoms with E-state index in [2.05, 4.69) is 85.8 Å². The zero-order chi connectivity index (χ0) is 16.8. The molecule has 25 heavy (non-hydrogen) atoms.